The SMILES string of the molecule is COc1cc(Cl)ccc1NC(=O)c1c(O)c2ccccc2n(C)c1=O. The molecule has 0 bridgehead atoms. The minimum atomic E-state index is -0.732. The maximum absolute atomic E-state index is 12.6. The lowest BCUT2D eigenvalue weighted by atomic mass is 10.1. The van der Waals surface area contributed by atoms with Gasteiger partial charge in [-0.15, -0.1) is 0 Å². The highest BCUT2D eigenvalue weighted by Gasteiger charge is 2.22. The van der Waals surface area contributed by atoms with Crippen molar-refractivity contribution >= 4 is 34.1 Å². The highest BCUT2D eigenvalue weighted by atomic mass is 35.5. The van der Waals surface area contributed by atoms with Gasteiger partial charge in [0.15, 0.2) is 0 Å². The lowest BCUT2D eigenvalue weighted by molar-refractivity contribution is 0.102. The number of carbonyl (C=O) groups excluding carboxylic acids is 1. The van der Waals surface area contributed by atoms with Crippen molar-refractivity contribution in [2.24, 2.45) is 7.05 Å². The molecule has 0 atom stereocenters. The van der Waals surface area contributed by atoms with Crippen molar-refractivity contribution in [1.82, 2.24) is 4.57 Å². The maximum atomic E-state index is 12.6. The predicted octanol–water partition coefficient (Wildman–Crippen LogP) is 3.16. The number of aromatic nitrogens is 1. The van der Waals surface area contributed by atoms with E-state index in [0.717, 1.165) is 0 Å². The van der Waals surface area contributed by atoms with Gasteiger partial charge >= 0.3 is 0 Å². The van der Waals surface area contributed by atoms with Crippen LogP contribution < -0.4 is 15.6 Å². The molecule has 2 aromatic carbocycles. The minimum Gasteiger partial charge on any atom is -0.506 e. The lowest BCUT2D eigenvalue weighted by Crippen LogP contribution is -2.28. The van der Waals surface area contributed by atoms with Crippen molar-refractivity contribution < 1.29 is 14.6 Å². The number of ether oxygens (including phenoxy) is 1. The first-order valence-corrected chi connectivity index (χ1v) is 7.77. The van der Waals surface area contributed by atoms with E-state index in [1.54, 1.807) is 43.4 Å². The van der Waals surface area contributed by atoms with Crippen LogP contribution in [0.4, 0.5) is 5.69 Å². The zero-order valence-corrected chi connectivity index (χ0v) is 14.3. The van der Waals surface area contributed by atoms with Crippen LogP contribution in [0.25, 0.3) is 10.9 Å². The number of amides is 1. The first-order chi connectivity index (χ1) is 11.9. The Morgan fingerprint density at radius 1 is 1.24 bits per heavy atom. The fraction of sp³-hybridized carbons (Fsp3) is 0.111. The number of aryl methyl sites for hydroxylation is 1. The molecule has 0 radical (unpaired) electrons. The number of pyridine rings is 1. The van der Waals surface area contributed by atoms with Crippen molar-refractivity contribution in [1.29, 1.82) is 0 Å². The molecule has 0 unspecified atom stereocenters. The number of halogens is 1. The van der Waals surface area contributed by atoms with Crippen molar-refractivity contribution in [3.63, 3.8) is 0 Å². The van der Waals surface area contributed by atoms with Crippen molar-refractivity contribution in [2.75, 3.05) is 12.4 Å². The van der Waals surface area contributed by atoms with Crippen LogP contribution in [0.15, 0.2) is 47.3 Å². The molecule has 0 aliphatic heterocycles. The molecule has 2 N–H and O–H groups in total. The van der Waals surface area contributed by atoms with Gasteiger partial charge in [0, 0.05) is 23.5 Å². The number of anilines is 1. The average Bonchev–Trinajstić information content (AvgIpc) is 2.61. The number of methoxy groups -OCH3 is 1. The number of benzene rings is 2. The van der Waals surface area contributed by atoms with E-state index >= 15 is 0 Å². The summed E-state index contributed by atoms with van der Waals surface area (Å²) in [6.07, 6.45) is 0. The number of para-hydroxylation sites is 1. The van der Waals surface area contributed by atoms with E-state index in [1.807, 2.05) is 0 Å². The molecule has 0 fully saturated rings. The Kier molecular flexibility index (Phi) is 4.37. The molecule has 1 amide bonds. The Hall–Kier alpha value is -2.99. The Morgan fingerprint density at radius 2 is 1.96 bits per heavy atom. The van der Waals surface area contributed by atoms with E-state index in [1.165, 1.54) is 17.7 Å². The number of hydrogen-bond donors (Lipinski definition) is 2. The number of fused-ring (bicyclic) bond motifs is 1. The number of aromatic hydroxyl groups is 1. The summed E-state index contributed by atoms with van der Waals surface area (Å²) in [5.41, 5.74) is -0.0584. The number of carbonyl (C=O) groups is 1. The van der Waals surface area contributed by atoms with E-state index in [-0.39, 0.29) is 11.3 Å². The van der Waals surface area contributed by atoms with Gasteiger partial charge in [0.1, 0.15) is 17.1 Å². The fourth-order valence-electron chi connectivity index (χ4n) is 2.64. The number of nitrogens with one attached hydrogen (secondary N) is 1. The Morgan fingerprint density at radius 3 is 2.68 bits per heavy atom. The van der Waals surface area contributed by atoms with E-state index in [2.05, 4.69) is 5.32 Å². The Balaban J connectivity index is 2.11. The molecular weight excluding hydrogens is 344 g/mol. The van der Waals surface area contributed by atoms with E-state index < -0.39 is 11.5 Å². The second-order valence-electron chi connectivity index (χ2n) is 5.40. The summed E-state index contributed by atoms with van der Waals surface area (Å²) < 4.78 is 6.49. The van der Waals surface area contributed by atoms with Gasteiger partial charge < -0.3 is 19.7 Å². The molecule has 128 valence electrons. The van der Waals surface area contributed by atoms with Crippen LogP contribution in [0.1, 0.15) is 10.4 Å². The van der Waals surface area contributed by atoms with Crippen LogP contribution in [-0.4, -0.2) is 22.7 Å². The molecule has 3 rings (SSSR count). The zero-order chi connectivity index (χ0) is 18.1. The summed E-state index contributed by atoms with van der Waals surface area (Å²) in [5, 5.41) is 13.9. The van der Waals surface area contributed by atoms with Gasteiger partial charge in [-0.05, 0) is 24.3 Å². The highest BCUT2D eigenvalue weighted by Crippen LogP contribution is 2.30. The molecule has 0 aliphatic carbocycles. The molecule has 0 aliphatic rings. The van der Waals surface area contributed by atoms with E-state index in [0.29, 0.717) is 27.4 Å². The second kappa shape index (κ2) is 6.49. The molecule has 3 aromatic rings. The van der Waals surface area contributed by atoms with Crippen molar-refractivity contribution in [2.45, 2.75) is 0 Å². The van der Waals surface area contributed by atoms with Crippen LogP contribution >= 0.6 is 11.6 Å². The first-order valence-electron chi connectivity index (χ1n) is 7.39. The largest absolute Gasteiger partial charge is 0.506 e. The second-order valence-corrected chi connectivity index (χ2v) is 5.84. The third-order valence-electron chi connectivity index (χ3n) is 3.91. The van der Waals surface area contributed by atoms with Crippen LogP contribution in [0.3, 0.4) is 0 Å². The van der Waals surface area contributed by atoms with Gasteiger partial charge in [-0.1, -0.05) is 23.7 Å². The van der Waals surface area contributed by atoms with E-state index in [4.69, 9.17) is 16.3 Å². The maximum Gasteiger partial charge on any atom is 0.267 e. The highest BCUT2D eigenvalue weighted by molar-refractivity contribution is 6.30. The van der Waals surface area contributed by atoms with Gasteiger partial charge in [-0.25, -0.2) is 0 Å². The molecule has 6 nitrogen and oxygen atoms in total. The minimum absolute atomic E-state index is 0.335. The summed E-state index contributed by atoms with van der Waals surface area (Å²) in [4.78, 5) is 25.2. The van der Waals surface area contributed by atoms with Crippen LogP contribution in [-0.2, 0) is 7.05 Å². The summed E-state index contributed by atoms with van der Waals surface area (Å²) >= 11 is 5.90. The molecule has 0 saturated heterocycles. The molecule has 0 saturated carbocycles. The normalized spacial score (nSPS) is 10.7. The van der Waals surface area contributed by atoms with Crippen molar-refractivity contribution in [3.05, 3.63) is 63.4 Å². The summed E-state index contributed by atoms with van der Waals surface area (Å²) in [5.74, 6) is -0.744. The molecule has 1 aromatic heterocycles. The predicted molar refractivity (Wildman–Crippen MR) is 96.8 cm³/mol. The summed E-state index contributed by atoms with van der Waals surface area (Å²) in [6.45, 7) is 0. The lowest BCUT2D eigenvalue weighted by Gasteiger charge is -2.13. The number of hydrogen-bond acceptors (Lipinski definition) is 4. The molecule has 25 heavy (non-hydrogen) atoms. The van der Waals surface area contributed by atoms with Crippen LogP contribution in [0, 0.1) is 0 Å². The van der Waals surface area contributed by atoms with Gasteiger partial charge in [-0.2, -0.15) is 0 Å². The number of rotatable bonds is 3. The molecule has 0 spiro atoms. The molecular formula is C18H15ClN2O4. The standard InChI is InChI=1S/C18H15ClN2O4/c1-21-13-6-4-3-5-11(13)16(22)15(18(21)24)17(23)20-12-8-7-10(19)9-14(12)25-2/h3-9,22H,1-2H3,(H,20,23). The Labute approximate surface area is 148 Å². The van der Waals surface area contributed by atoms with Gasteiger partial charge in [-0.3, -0.25) is 9.59 Å². The first kappa shape index (κ1) is 16.9. The van der Waals surface area contributed by atoms with Gasteiger partial charge in [0.05, 0.1) is 18.3 Å². The third kappa shape index (κ3) is 2.92. The topological polar surface area (TPSA) is 80.6 Å². The third-order valence-corrected chi connectivity index (χ3v) is 4.15. The van der Waals surface area contributed by atoms with Crippen LogP contribution in [0.5, 0.6) is 11.5 Å². The summed E-state index contributed by atoms with van der Waals surface area (Å²) in [6, 6.07) is 11.5. The van der Waals surface area contributed by atoms with Gasteiger partial charge in [0.25, 0.3) is 11.5 Å². The smallest absolute Gasteiger partial charge is 0.267 e. The molecule has 7 heteroatoms. The average molecular weight is 359 g/mol. The fourth-order valence-corrected chi connectivity index (χ4v) is 2.80. The zero-order valence-electron chi connectivity index (χ0n) is 13.5. The van der Waals surface area contributed by atoms with Gasteiger partial charge in [0.2, 0.25) is 0 Å². The van der Waals surface area contributed by atoms with Crippen LogP contribution in [0.2, 0.25) is 5.02 Å². The van der Waals surface area contributed by atoms with E-state index in [9.17, 15) is 14.7 Å². The quantitative estimate of drug-likeness (QED) is 0.753. The van der Waals surface area contributed by atoms with Crippen molar-refractivity contribution in [3.8, 4) is 11.5 Å². The number of nitrogens with zero attached hydrogens (tertiary/aromatic N) is 1. The molecule has 1 heterocycles. The monoisotopic (exact) mass is 358 g/mol. The Bertz CT molecular complexity index is 1040. The summed E-state index contributed by atoms with van der Waals surface area (Å²) in [7, 11) is 2.98.